The van der Waals surface area contributed by atoms with Gasteiger partial charge in [0.25, 0.3) is 0 Å². The third-order valence-corrected chi connectivity index (χ3v) is 11.6. The van der Waals surface area contributed by atoms with Crippen molar-refractivity contribution in [3.05, 3.63) is 0 Å². The van der Waals surface area contributed by atoms with Gasteiger partial charge in [-0.15, -0.1) is 0 Å². The number of carbonyl (C=O) groups is 2. The Balaban J connectivity index is 1.32. The van der Waals surface area contributed by atoms with E-state index in [4.69, 9.17) is 4.74 Å². The molecule has 152 valence electrons. The third kappa shape index (κ3) is 1.55. The first-order valence-electron chi connectivity index (χ1n) is 11.7. The lowest BCUT2D eigenvalue weighted by Gasteiger charge is -2.64. The van der Waals surface area contributed by atoms with Crippen LogP contribution >= 0.6 is 0 Å². The second-order valence-corrected chi connectivity index (χ2v) is 12.1. The lowest BCUT2D eigenvalue weighted by Crippen LogP contribution is -2.65. The molecule has 4 nitrogen and oxygen atoms in total. The molecule has 6 saturated carbocycles. The minimum absolute atomic E-state index is 0.0229. The zero-order chi connectivity index (χ0) is 19.3. The molecule has 4 heteroatoms. The fourth-order valence-electron chi connectivity index (χ4n) is 10.3. The van der Waals surface area contributed by atoms with Crippen LogP contribution in [0.25, 0.3) is 0 Å². The van der Waals surface area contributed by atoms with E-state index in [1.165, 1.54) is 6.42 Å². The summed E-state index contributed by atoms with van der Waals surface area (Å²) < 4.78 is 6.20. The molecule has 6 aliphatic carbocycles. The van der Waals surface area contributed by atoms with Crippen LogP contribution in [0.2, 0.25) is 0 Å². The average molecular weight is 385 g/mol. The monoisotopic (exact) mass is 384 g/mol. The predicted molar refractivity (Wildman–Crippen MR) is 101 cm³/mol. The Morgan fingerprint density at radius 2 is 1.71 bits per heavy atom. The van der Waals surface area contributed by atoms with E-state index in [0.29, 0.717) is 54.8 Å². The summed E-state index contributed by atoms with van der Waals surface area (Å²) in [5.41, 5.74) is -0.943. The minimum Gasteiger partial charge on any atom is -0.458 e. The molecular formula is C24H32O4. The summed E-state index contributed by atoms with van der Waals surface area (Å²) >= 11 is 0. The average Bonchev–Trinajstić information content (AvgIpc) is 3.54. The normalized spacial score (nSPS) is 65.8. The maximum atomic E-state index is 12.3. The van der Waals surface area contributed by atoms with Gasteiger partial charge in [-0.25, -0.2) is 0 Å². The summed E-state index contributed by atoms with van der Waals surface area (Å²) in [6.07, 6.45) is 8.04. The fourth-order valence-corrected chi connectivity index (χ4v) is 10.3. The molecule has 0 aromatic rings. The topological polar surface area (TPSA) is 63.6 Å². The van der Waals surface area contributed by atoms with Crippen molar-refractivity contribution < 1.29 is 19.4 Å². The summed E-state index contributed by atoms with van der Waals surface area (Å²) in [6.45, 7) is 4.77. The molecule has 0 bridgehead atoms. The second-order valence-electron chi connectivity index (χ2n) is 12.1. The highest BCUT2D eigenvalue weighted by molar-refractivity contribution is 5.81. The molecule has 7 rings (SSSR count). The lowest BCUT2D eigenvalue weighted by atomic mass is 9.42. The van der Waals surface area contributed by atoms with Crippen molar-refractivity contribution in [2.45, 2.75) is 82.8 Å². The van der Waals surface area contributed by atoms with Crippen LogP contribution in [0.15, 0.2) is 0 Å². The van der Waals surface area contributed by atoms with Crippen LogP contribution in [-0.4, -0.2) is 28.1 Å². The van der Waals surface area contributed by atoms with Crippen LogP contribution in [0.1, 0.15) is 71.6 Å². The van der Waals surface area contributed by atoms with Gasteiger partial charge in [-0.05, 0) is 74.0 Å². The van der Waals surface area contributed by atoms with E-state index in [1.807, 2.05) is 0 Å². The molecule has 7 aliphatic rings. The highest BCUT2D eigenvalue weighted by Crippen LogP contribution is 2.83. The number of fused-ring (bicyclic) bond motifs is 12. The Bertz CT molecular complexity index is 821. The number of ether oxygens (including phenoxy) is 1. The van der Waals surface area contributed by atoms with Crippen molar-refractivity contribution in [3.63, 3.8) is 0 Å². The Morgan fingerprint density at radius 3 is 2.46 bits per heavy atom. The first-order valence-corrected chi connectivity index (χ1v) is 11.7. The number of aliphatic hydroxyl groups is 1. The number of carbonyl (C=O) groups excluding carboxylic acids is 2. The molecule has 1 aliphatic heterocycles. The van der Waals surface area contributed by atoms with Gasteiger partial charge in [-0.2, -0.15) is 0 Å². The molecule has 1 N–H and O–H groups in total. The van der Waals surface area contributed by atoms with Gasteiger partial charge < -0.3 is 9.84 Å². The predicted octanol–water partition coefficient (Wildman–Crippen LogP) is 3.50. The molecule has 6 unspecified atom stereocenters. The fraction of sp³-hybridized carbons (Fsp3) is 0.917. The molecule has 7 fully saturated rings. The van der Waals surface area contributed by atoms with E-state index in [1.54, 1.807) is 0 Å². The zero-order valence-electron chi connectivity index (χ0n) is 17.1. The molecule has 1 heterocycles. The lowest BCUT2D eigenvalue weighted by molar-refractivity contribution is -0.223. The Hall–Kier alpha value is -0.900. The Labute approximate surface area is 166 Å². The van der Waals surface area contributed by atoms with Crippen LogP contribution in [-0.2, 0) is 14.3 Å². The highest BCUT2D eigenvalue weighted by atomic mass is 16.6. The molecule has 0 aromatic heterocycles. The smallest absolute Gasteiger partial charge is 0.306 e. The number of esters is 1. The Kier molecular flexibility index (Phi) is 2.74. The Morgan fingerprint density at radius 1 is 0.929 bits per heavy atom. The summed E-state index contributed by atoms with van der Waals surface area (Å²) in [4.78, 5) is 24.4. The van der Waals surface area contributed by atoms with Gasteiger partial charge in [-0.1, -0.05) is 13.8 Å². The SMILES string of the molecule is C[C@]12CCC3C(C1C1C[C@@H]1C21CCC(=O)O1)[C@H]1C[C@H]1C1(O)CC(=O)CC[C@]31C. The largest absolute Gasteiger partial charge is 0.458 e. The summed E-state index contributed by atoms with van der Waals surface area (Å²) in [7, 11) is 0. The number of hydrogen-bond acceptors (Lipinski definition) is 4. The van der Waals surface area contributed by atoms with E-state index >= 15 is 0 Å². The quantitative estimate of drug-likeness (QED) is 0.649. The number of rotatable bonds is 0. The molecule has 0 radical (unpaired) electrons. The first-order chi connectivity index (χ1) is 13.3. The van der Waals surface area contributed by atoms with Gasteiger partial charge in [0, 0.05) is 36.0 Å². The van der Waals surface area contributed by atoms with Crippen LogP contribution in [0, 0.1) is 52.3 Å². The minimum atomic E-state index is -0.763. The standard InChI is InChI=1S/C24H32O4/c1-21-6-3-12(25)11-23(21,27)16-9-13(16)19-15(21)4-7-22(2)20(19)14-10-17(14)24(22)8-5-18(26)28-24/h13-17,19-20,27H,3-11H2,1-2H3/t13-,14?,15?,16+,17-,19?,20?,21+,22-,23?,24?/m0/s1. The van der Waals surface area contributed by atoms with Gasteiger partial charge in [0.2, 0.25) is 0 Å². The molecule has 0 aromatic carbocycles. The molecule has 28 heavy (non-hydrogen) atoms. The zero-order valence-corrected chi connectivity index (χ0v) is 17.1. The molecule has 0 amide bonds. The third-order valence-electron chi connectivity index (χ3n) is 11.6. The van der Waals surface area contributed by atoms with E-state index < -0.39 is 5.60 Å². The van der Waals surface area contributed by atoms with Crippen LogP contribution in [0.5, 0.6) is 0 Å². The van der Waals surface area contributed by atoms with E-state index in [0.717, 1.165) is 38.0 Å². The highest BCUT2D eigenvalue weighted by Gasteiger charge is 2.83. The van der Waals surface area contributed by atoms with Crippen molar-refractivity contribution in [2.75, 3.05) is 0 Å². The number of hydrogen-bond donors (Lipinski definition) is 1. The maximum Gasteiger partial charge on any atom is 0.306 e. The summed E-state index contributed by atoms with van der Waals surface area (Å²) in [6, 6.07) is 0. The van der Waals surface area contributed by atoms with Gasteiger partial charge >= 0.3 is 5.97 Å². The van der Waals surface area contributed by atoms with Crippen LogP contribution < -0.4 is 0 Å². The molecular weight excluding hydrogens is 352 g/mol. The van der Waals surface area contributed by atoms with Crippen molar-refractivity contribution >= 4 is 11.8 Å². The maximum absolute atomic E-state index is 12.3. The van der Waals surface area contributed by atoms with Crippen molar-refractivity contribution in [2.24, 2.45) is 52.3 Å². The molecule has 11 atom stereocenters. The van der Waals surface area contributed by atoms with Crippen molar-refractivity contribution in [3.8, 4) is 0 Å². The second kappa shape index (κ2) is 4.55. The molecule has 1 saturated heterocycles. The van der Waals surface area contributed by atoms with E-state index in [-0.39, 0.29) is 28.2 Å². The van der Waals surface area contributed by atoms with E-state index in [9.17, 15) is 14.7 Å². The van der Waals surface area contributed by atoms with E-state index in [2.05, 4.69) is 13.8 Å². The van der Waals surface area contributed by atoms with Gasteiger partial charge in [-0.3, -0.25) is 9.59 Å². The molecule has 1 spiro atoms. The van der Waals surface area contributed by atoms with Crippen LogP contribution in [0.3, 0.4) is 0 Å². The van der Waals surface area contributed by atoms with Gasteiger partial charge in [0.05, 0.1) is 5.60 Å². The van der Waals surface area contributed by atoms with Gasteiger partial charge in [0.1, 0.15) is 11.4 Å². The summed E-state index contributed by atoms with van der Waals surface area (Å²) in [5, 5.41) is 11.8. The summed E-state index contributed by atoms with van der Waals surface area (Å²) in [5.74, 6) is 4.36. The first kappa shape index (κ1) is 16.8. The number of ketones is 1. The number of Topliss-reactive ketones (excluding diaryl/α,β-unsaturated/α-hetero) is 1. The van der Waals surface area contributed by atoms with Crippen molar-refractivity contribution in [1.29, 1.82) is 0 Å². The van der Waals surface area contributed by atoms with Crippen molar-refractivity contribution in [1.82, 2.24) is 0 Å². The van der Waals surface area contributed by atoms with Crippen LogP contribution in [0.4, 0.5) is 0 Å². The van der Waals surface area contributed by atoms with Gasteiger partial charge in [0.15, 0.2) is 0 Å².